The molecule has 3 aliphatic carbocycles. The third-order valence-corrected chi connectivity index (χ3v) is 6.02. The zero-order chi connectivity index (χ0) is 12.8. The van der Waals surface area contributed by atoms with Crippen molar-refractivity contribution in [3.8, 4) is 0 Å². The first-order chi connectivity index (χ1) is 9.29. The molecular weight excluding hydrogens is 254 g/mol. The molecule has 4 rings (SSSR count). The number of nitrogens with one attached hydrogen (secondary N) is 1. The molecule has 0 amide bonds. The third kappa shape index (κ3) is 2.21. The van der Waals surface area contributed by atoms with Gasteiger partial charge in [-0.25, -0.2) is 0 Å². The lowest BCUT2D eigenvalue weighted by Crippen LogP contribution is -2.47. The Kier molecular flexibility index (Phi) is 3.08. The maximum atomic E-state index is 6.28. The Labute approximate surface area is 120 Å². The maximum Gasteiger partial charge on any atom is 0.0440 e. The summed E-state index contributed by atoms with van der Waals surface area (Å²) >= 11 is 6.28. The van der Waals surface area contributed by atoms with Gasteiger partial charge in [0.1, 0.15) is 0 Å². The summed E-state index contributed by atoms with van der Waals surface area (Å²) < 4.78 is 0. The van der Waals surface area contributed by atoms with Gasteiger partial charge in [0.25, 0.3) is 0 Å². The number of hydrogen-bond acceptors (Lipinski definition) is 1. The Bertz CT molecular complexity index is 466. The molecule has 3 fully saturated rings. The second-order valence-electron chi connectivity index (χ2n) is 6.83. The Morgan fingerprint density at radius 3 is 2.53 bits per heavy atom. The largest absolute Gasteiger partial charge is 0.311 e. The summed E-state index contributed by atoms with van der Waals surface area (Å²) in [5.74, 6) is 2.72. The summed E-state index contributed by atoms with van der Waals surface area (Å²) in [5, 5.41) is 4.87. The van der Waals surface area contributed by atoms with Gasteiger partial charge in [0.15, 0.2) is 0 Å². The van der Waals surface area contributed by atoms with Gasteiger partial charge in [-0.2, -0.15) is 0 Å². The van der Waals surface area contributed by atoms with Crippen molar-refractivity contribution in [2.75, 3.05) is 0 Å². The fourth-order valence-electron chi connectivity index (χ4n) is 4.57. The Morgan fingerprint density at radius 2 is 1.84 bits per heavy atom. The summed E-state index contributed by atoms with van der Waals surface area (Å²) in [5.41, 5.74) is 1.36. The molecule has 3 saturated carbocycles. The summed E-state index contributed by atoms with van der Waals surface area (Å²) in [6, 6.07) is 9.92. The van der Waals surface area contributed by atoms with Crippen molar-refractivity contribution >= 4 is 11.6 Å². The molecule has 3 unspecified atom stereocenters. The fraction of sp³-hybridized carbons (Fsp3) is 0.647. The maximum absolute atomic E-state index is 6.28. The number of fused-ring (bicyclic) bond motifs is 2. The molecule has 102 valence electrons. The van der Waals surface area contributed by atoms with E-state index >= 15 is 0 Å². The Hall–Kier alpha value is -0.530. The van der Waals surface area contributed by atoms with E-state index < -0.39 is 0 Å². The highest BCUT2D eigenvalue weighted by Crippen LogP contribution is 2.46. The summed E-state index contributed by atoms with van der Waals surface area (Å²) in [6.45, 7) is 0. The van der Waals surface area contributed by atoms with Crippen molar-refractivity contribution in [2.45, 2.75) is 56.5 Å². The minimum atomic E-state index is 0.685. The summed E-state index contributed by atoms with van der Waals surface area (Å²) in [4.78, 5) is 0. The van der Waals surface area contributed by atoms with E-state index in [1.807, 2.05) is 12.1 Å². The molecule has 2 heteroatoms. The van der Waals surface area contributed by atoms with Gasteiger partial charge in [-0.15, -0.1) is 0 Å². The van der Waals surface area contributed by atoms with Gasteiger partial charge in [0.05, 0.1) is 0 Å². The van der Waals surface area contributed by atoms with E-state index in [-0.39, 0.29) is 0 Å². The van der Waals surface area contributed by atoms with Gasteiger partial charge in [-0.1, -0.05) is 36.2 Å². The van der Waals surface area contributed by atoms with Gasteiger partial charge >= 0.3 is 0 Å². The monoisotopic (exact) mass is 275 g/mol. The molecule has 1 N–H and O–H groups in total. The average Bonchev–Trinajstić information content (AvgIpc) is 2.96. The van der Waals surface area contributed by atoms with Crippen LogP contribution >= 0.6 is 11.6 Å². The van der Waals surface area contributed by atoms with Crippen molar-refractivity contribution in [2.24, 2.45) is 11.8 Å². The summed E-state index contributed by atoms with van der Waals surface area (Å²) in [7, 11) is 0. The number of hydrogen-bond donors (Lipinski definition) is 1. The van der Waals surface area contributed by atoms with Crippen molar-refractivity contribution in [1.82, 2.24) is 5.32 Å². The Morgan fingerprint density at radius 1 is 1.00 bits per heavy atom. The van der Waals surface area contributed by atoms with Crippen molar-refractivity contribution in [3.05, 3.63) is 34.9 Å². The highest BCUT2D eigenvalue weighted by molar-refractivity contribution is 6.31. The van der Waals surface area contributed by atoms with E-state index in [4.69, 9.17) is 11.6 Å². The Balaban J connectivity index is 1.32. The summed E-state index contributed by atoms with van der Waals surface area (Å²) in [6.07, 6.45) is 8.46. The highest BCUT2D eigenvalue weighted by Gasteiger charge is 2.42. The second-order valence-corrected chi connectivity index (χ2v) is 7.24. The van der Waals surface area contributed by atoms with Crippen molar-refractivity contribution in [3.63, 3.8) is 0 Å². The highest BCUT2D eigenvalue weighted by atomic mass is 35.5. The van der Waals surface area contributed by atoms with E-state index in [1.54, 1.807) is 0 Å². The van der Waals surface area contributed by atoms with Crippen LogP contribution in [0.4, 0.5) is 0 Å². The van der Waals surface area contributed by atoms with Crippen molar-refractivity contribution < 1.29 is 0 Å². The van der Waals surface area contributed by atoms with Crippen molar-refractivity contribution in [1.29, 1.82) is 0 Å². The zero-order valence-corrected chi connectivity index (χ0v) is 12.1. The van der Waals surface area contributed by atoms with Crippen LogP contribution in [-0.4, -0.2) is 12.1 Å². The van der Waals surface area contributed by atoms with E-state index in [1.165, 1.54) is 44.1 Å². The minimum absolute atomic E-state index is 0.685. The van der Waals surface area contributed by atoms with Gasteiger partial charge in [-0.3, -0.25) is 0 Å². The second kappa shape index (κ2) is 4.79. The predicted octanol–water partition coefficient (Wildman–Crippen LogP) is 4.36. The first-order valence-electron chi connectivity index (χ1n) is 7.80. The minimum Gasteiger partial charge on any atom is -0.311 e. The smallest absolute Gasteiger partial charge is 0.0440 e. The van der Waals surface area contributed by atoms with Crippen LogP contribution in [0.5, 0.6) is 0 Å². The van der Waals surface area contributed by atoms with Crippen LogP contribution in [0, 0.1) is 11.8 Å². The van der Waals surface area contributed by atoms with Gasteiger partial charge in [0.2, 0.25) is 0 Å². The molecule has 0 saturated heterocycles. The normalized spacial score (nSPS) is 40.4. The molecule has 1 aromatic carbocycles. The average molecular weight is 276 g/mol. The molecule has 0 aromatic heterocycles. The molecule has 19 heavy (non-hydrogen) atoms. The van der Waals surface area contributed by atoms with E-state index in [2.05, 4.69) is 17.4 Å². The molecule has 0 radical (unpaired) electrons. The SMILES string of the molecule is Clc1ccccc1C1CC(NC2CC3CCC2C3)C1. The fourth-order valence-corrected chi connectivity index (χ4v) is 4.86. The van der Waals surface area contributed by atoms with Gasteiger partial charge < -0.3 is 5.32 Å². The van der Waals surface area contributed by atoms with E-state index in [0.29, 0.717) is 5.92 Å². The molecule has 3 aliphatic rings. The van der Waals surface area contributed by atoms with Gasteiger partial charge in [-0.05, 0) is 61.5 Å². The lowest BCUT2D eigenvalue weighted by molar-refractivity contribution is 0.229. The van der Waals surface area contributed by atoms with Gasteiger partial charge in [0, 0.05) is 17.1 Å². The molecule has 1 nitrogen and oxygen atoms in total. The third-order valence-electron chi connectivity index (χ3n) is 5.67. The van der Waals surface area contributed by atoms with Crippen LogP contribution in [0.3, 0.4) is 0 Å². The van der Waals surface area contributed by atoms with E-state index in [9.17, 15) is 0 Å². The lowest BCUT2D eigenvalue weighted by atomic mass is 9.75. The molecular formula is C17H22ClN. The zero-order valence-electron chi connectivity index (χ0n) is 11.3. The molecule has 2 bridgehead atoms. The van der Waals surface area contributed by atoms with E-state index in [0.717, 1.165) is 28.9 Å². The number of halogens is 1. The standard InChI is InChI=1S/C17H22ClN/c18-16-4-2-1-3-15(16)13-9-14(10-13)19-17-8-11-5-6-12(17)7-11/h1-4,11-14,17,19H,5-10H2. The lowest BCUT2D eigenvalue weighted by Gasteiger charge is -2.40. The first-order valence-corrected chi connectivity index (χ1v) is 8.18. The number of benzene rings is 1. The molecule has 3 atom stereocenters. The molecule has 0 aliphatic heterocycles. The van der Waals surface area contributed by atoms with Crippen LogP contribution in [0.1, 0.15) is 50.0 Å². The number of rotatable bonds is 3. The quantitative estimate of drug-likeness (QED) is 0.864. The van der Waals surface area contributed by atoms with Crippen LogP contribution in [-0.2, 0) is 0 Å². The molecule has 0 heterocycles. The first kappa shape index (κ1) is 12.2. The van der Waals surface area contributed by atoms with Crippen LogP contribution in [0.15, 0.2) is 24.3 Å². The molecule has 1 aromatic rings. The molecule has 0 spiro atoms. The van der Waals surface area contributed by atoms with Crippen LogP contribution in [0.2, 0.25) is 5.02 Å². The predicted molar refractivity (Wildman–Crippen MR) is 79.6 cm³/mol. The topological polar surface area (TPSA) is 12.0 Å². The van der Waals surface area contributed by atoms with Crippen LogP contribution in [0.25, 0.3) is 0 Å². The van der Waals surface area contributed by atoms with Crippen LogP contribution < -0.4 is 5.32 Å².